The number of anilines is 1. The Bertz CT molecular complexity index is 485. The smallest absolute Gasteiger partial charge is 0.243 e. The summed E-state index contributed by atoms with van der Waals surface area (Å²) < 4.78 is 26.7. The lowest BCUT2D eigenvalue weighted by Crippen LogP contribution is -2.32. The number of hydrogen-bond acceptors (Lipinski definition) is 5. The van der Waals surface area contributed by atoms with Crippen LogP contribution in [0.4, 0.5) is 5.95 Å². The molecule has 0 aliphatic carbocycles. The third-order valence-corrected chi connectivity index (χ3v) is 4.28. The van der Waals surface area contributed by atoms with Gasteiger partial charge in [0.25, 0.3) is 0 Å². The molecule has 1 rings (SSSR count). The summed E-state index contributed by atoms with van der Waals surface area (Å²) in [6.07, 6.45) is 5.33. The molecule has 108 valence electrons. The summed E-state index contributed by atoms with van der Waals surface area (Å²) in [6, 6.07) is -0.110. The molecule has 7 heteroatoms. The van der Waals surface area contributed by atoms with Crippen molar-refractivity contribution in [3.8, 4) is 0 Å². The quantitative estimate of drug-likeness (QED) is 0.792. The van der Waals surface area contributed by atoms with E-state index in [1.54, 1.807) is 0 Å². The fourth-order valence-corrected chi connectivity index (χ4v) is 2.86. The van der Waals surface area contributed by atoms with Crippen LogP contribution in [0, 0.1) is 5.92 Å². The summed E-state index contributed by atoms with van der Waals surface area (Å²) in [7, 11) is -3.56. The van der Waals surface area contributed by atoms with Gasteiger partial charge in [-0.1, -0.05) is 26.7 Å². The van der Waals surface area contributed by atoms with E-state index < -0.39 is 10.0 Å². The zero-order valence-electron chi connectivity index (χ0n) is 11.6. The Labute approximate surface area is 114 Å². The topological polar surface area (TPSA) is 98.0 Å². The van der Waals surface area contributed by atoms with Gasteiger partial charge in [0, 0.05) is 6.04 Å². The summed E-state index contributed by atoms with van der Waals surface area (Å²) in [5, 5.41) is 0. The predicted molar refractivity (Wildman–Crippen MR) is 74.9 cm³/mol. The maximum Gasteiger partial charge on any atom is 0.243 e. The minimum Gasteiger partial charge on any atom is -0.368 e. The molecule has 1 heterocycles. The molecule has 1 aromatic heterocycles. The lowest BCUT2D eigenvalue weighted by atomic mass is 10.0. The van der Waals surface area contributed by atoms with Gasteiger partial charge in [-0.3, -0.25) is 0 Å². The number of nitrogen functional groups attached to an aromatic ring is 1. The molecule has 0 fully saturated rings. The van der Waals surface area contributed by atoms with Crippen molar-refractivity contribution in [1.29, 1.82) is 0 Å². The van der Waals surface area contributed by atoms with Crippen LogP contribution in [0.1, 0.15) is 40.0 Å². The molecule has 1 atom stereocenters. The van der Waals surface area contributed by atoms with Gasteiger partial charge >= 0.3 is 0 Å². The van der Waals surface area contributed by atoms with Crippen molar-refractivity contribution in [2.75, 3.05) is 5.73 Å². The first-order valence-electron chi connectivity index (χ1n) is 6.41. The zero-order chi connectivity index (χ0) is 14.5. The number of rotatable bonds is 7. The van der Waals surface area contributed by atoms with Gasteiger partial charge in [-0.05, 0) is 19.3 Å². The van der Waals surface area contributed by atoms with Crippen LogP contribution >= 0.6 is 0 Å². The Morgan fingerprint density at radius 1 is 1.21 bits per heavy atom. The first-order chi connectivity index (χ1) is 8.81. The molecule has 0 aliphatic heterocycles. The molecule has 0 radical (unpaired) electrons. The highest BCUT2D eigenvalue weighted by Crippen LogP contribution is 2.11. The van der Waals surface area contributed by atoms with E-state index in [1.165, 1.54) is 12.4 Å². The Morgan fingerprint density at radius 3 is 2.32 bits per heavy atom. The van der Waals surface area contributed by atoms with Gasteiger partial charge in [0.1, 0.15) is 4.90 Å². The number of aromatic nitrogens is 2. The molecule has 1 unspecified atom stereocenters. The van der Waals surface area contributed by atoms with Crippen molar-refractivity contribution in [2.24, 2.45) is 5.92 Å². The highest BCUT2D eigenvalue weighted by atomic mass is 32.2. The summed E-state index contributed by atoms with van der Waals surface area (Å²) in [5.41, 5.74) is 5.33. The molecule has 0 saturated carbocycles. The highest BCUT2D eigenvalue weighted by molar-refractivity contribution is 7.89. The lowest BCUT2D eigenvalue weighted by molar-refractivity contribution is 0.488. The molecule has 0 aromatic carbocycles. The number of sulfonamides is 1. The fourth-order valence-electron chi connectivity index (χ4n) is 1.69. The second-order valence-corrected chi connectivity index (χ2v) is 6.84. The zero-order valence-corrected chi connectivity index (χ0v) is 12.4. The Hall–Kier alpha value is -1.21. The van der Waals surface area contributed by atoms with E-state index in [0.717, 1.165) is 19.3 Å². The normalized spacial score (nSPS) is 13.7. The largest absolute Gasteiger partial charge is 0.368 e. The predicted octanol–water partition coefficient (Wildman–Crippen LogP) is 1.55. The minimum atomic E-state index is -3.56. The van der Waals surface area contributed by atoms with E-state index in [-0.39, 0.29) is 16.9 Å². The molecule has 0 amide bonds. The van der Waals surface area contributed by atoms with E-state index in [4.69, 9.17) is 5.73 Å². The molecule has 6 nitrogen and oxygen atoms in total. The van der Waals surface area contributed by atoms with Crippen LogP contribution in [0.5, 0.6) is 0 Å². The van der Waals surface area contributed by atoms with Crippen molar-refractivity contribution >= 4 is 16.0 Å². The Balaban J connectivity index is 2.57. The average Bonchev–Trinajstić information content (AvgIpc) is 2.28. The van der Waals surface area contributed by atoms with Crippen LogP contribution in [0.15, 0.2) is 17.3 Å². The van der Waals surface area contributed by atoms with Gasteiger partial charge < -0.3 is 5.73 Å². The van der Waals surface area contributed by atoms with Crippen molar-refractivity contribution in [3.63, 3.8) is 0 Å². The second kappa shape index (κ2) is 6.81. The molecular formula is C12H22N4O2S. The first kappa shape index (κ1) is 15.8. The fraction of sp³-hybridized carbons (Fsp3) is 0.667. The van der Waals surface area contributed by atoms with Crippen LogP contribution < -0.4 is 10.5 Å². The van der Waals surface area contributed by atoms with Crippen molar-refractivity contribution in [2.45, 2.75) is 51.0 Å². The maximum atomic E-state index is 12.0. The molecule has 1 aromatic rings. The van der Waals surface area contributed by atoms with Crippen LogP contribution in [0.2, 0.25) is 0 Å². The molecule has 0 spiro atoms. The van der Waals surface area contributed by atoms with E-state index in [9.17, 15) is 8.42 Å². The van der Waals surface area contributed by atoms with Crippen LogP contribution in [0.25, 0.3) is 0 Å². The van der Waals surface area contributed by atoms with Crippen molar-refractivity contribution < 1.29 is 8.42 Å². The van der Waals surface area contributed by atoms with Crippen LogP contribution in [0.3, 0.4) is 0 Å². The Morgan fingerprint density at radius 2 is 1.79 bits per heavy atom. The van der Waals surface area contributed by atoms with Crippen LogP contribution in [-0.4, -0.2) is 24.4 Å². The maximum absolute atomic E-state index is 12.0. The number of nitrogens with two attached hydrogens (primary N) is 1. The van der Waals surface area contributed by atoms with Gasteiger partial charge in [0.05, 0.1) is 12.4 Å². The minimum absolute atomic E-state index is 0.0393. The second-order valence-electron chi connectivity index (χ2n) is 5.12. The van der Waals surface area contributed by atoms with Gasteiger partial charge in [-0.25, -0.2) is 23.1 Å². The molecule has 0 bridgehead atoms. The summed E-state index contributed by atoms with van der Waals surface area (Å²) in [6.45, 7) is 6.16. The van der Waals surface area contributed by atoms with Crippen molar-refractivity contribution in [1.82, 2.24) is 14.7 Å². The van der Waals surface area contributed by atoms with Gasteiger partial charge in [-0.2, -0.15) is 0 Å². The highest BCUT2D eigenvalue weighted by Gasteiger charge is 2.18. The molecule has 0 aliphatic rings. The standard InChI is InChI=1S/C12H22N4O2S/c1-9(2)5-4-6-10(3)16-19(17,18)11-7-14-12(13)15-8-11/h7-10,16H,4-6H2,1-3H3,(H2,13,14,15). The van der Waals surface area contributed by atoms with Gasteiger partial charge in [0.2, 0.25) is 16.0 Å². The van der Waals surface area contributed by atoms with E-state index in [0.29, 0.717) is 5.92 Å². The molecular weight excluding hydrogens is 264 g/mol. The summed E-state index contributed by atoms with van der Waals surface area (Å²) in [4.78, 5) is 7.41. The Kier molecular flexibility index (Phi) is 5.68. The van der Waals surface area contributed by atoms with Gasteiger partial charge in [0.15, 0.2) is 0 Å². The average molecular weight is 286 g/mol. The third kappa shape index (κ3) is 5.52. The third-order valence-electron chi connectivity index (χ3n) is 2.73. The lowest BCUT2D eigenvalue weighted by Gasteiger charge is -2.14. The number of hydrogen-bond donors (Lipinski definition) is 2. The van der Waals surface area contributed by atoms with Crippen LogP contribution in [-0.2, 0) is 10.0 Å². The summed E-state index contributed by atoms with van der Waals surface area (Å²) in [5.74, 6) is 0.693. The molecule has 19 heavy (non-hydrogen) atoms. The van der Waals surface area contributed by atoms with E-state index >= 15 is 0 Å². The molecule has 3 N–H and O–H groups in total. The molecule has 0 saturated heterocycles. The SMILES string of the molecule is CC(C)CCCC(C)NS(=O)(=O)c1cnc(N)nc1. The van der Waals surface area contributed by atoms with E-state index in [2.05, 4.69) is 28.5 Å². The monoisotopic (exact) mass is 286 g/mol. The number of nitrogens with one attached hydrogen (secondary N) is 1. The first-order valence-corrected chi connectivity index (χ1v) is 7.89. The van der Waals surface area contributed by atoms with E-state index in [1.807, 2.05) is 6.92 Å². The number of nitrogens with zero attached hydrogens (tertiary/aromatic N) is 2. The van der Waals surface area contributed by atoms with Gasteiger partial charge in [-0.15, -0.1) is 0 Å². The van der Waals surface area contributed by atoms with Crippen molar-refractivity contribution in [3.05, 3.63) is 12.4 Å². The summed E-state index contributed by atoms with van der Waals surface area (Å²) >= 11 is 0.